The van der Waals surface area contributed by atoms with E-state index in [1.54, 1.807) is 37.6 Å². The Hall–Kier alpha value is -3.80. The molecule has 0 saturated carbocycles. The minimum Gasteiger partial charge on any atom is -0.481 e. The Morgan fingerprint density at radius 2 is 1.80 bits per heavy atom. The summed E-state index contributed by atoms with van der Waals surface area (Å²) in [6.45, 7) is 1.79. The molecule has 1 aliphatic rings. The van der Waals surface area contributed by atoms with Crippen LogP contribution >= 0.6 is 23.2 Å². The van der Waals surface area contributed by atoms with Gasteiger partial charge < -0.3 is 31.1 Å². The number of carbonyl (C=O) groups is 1. The number of amides is 1. The molecule has 1 unspecified atom stereocenters. The standard InChI is InChI=1S/C32H33Cl2FN6O3/c1-44-32-20(17-37-18-21-9-11-27(43)39-21)8-10-24(41-32)22-5-3-6-23(28(22)33)31-29(34)25(12-13-38-31)40-26-7-2-4-19(30(26)35)16-36-14-15-42/h2-8,10,12-13,21,36-37,42H,9,11,14-18H2,1H3,(H,38,40)(H,39,43). The molecule has 12 heteroatoms. The Kier molecular flexibility index (Phi) is 10.6. The summed E-state index contributed by atoms with van der Waals surface area (Å²) in [6, 6.07) is 16.2. The molecule has 230 valence electrons. The summed E-state index contributed by atoms with van der Waals surface area (Å²) in [4.78, 5) is 20.7. The first kappa shape index (κ1) is 31.6. The molecular weight excluding hydrogens is 606 g/mol. The quantitative estimate of drug-likeness (QED) is 0.123. The number of hydrogen-bond donors (Lipinski definition) is 5. The van der Waals surface area contributed by atoms with Crippen molar-refractivity contribution in [1.29, 1.82) is 0 Å². The number of pyridine rings is 2. The van der Waals surface area contributed by atoms with Crippen LogP contribution in [0.1, 0.15) is 24.0 Å². The van der Waals surface area contributed by atoms with Gasteiger partial charge in [-0.05, 0) is 24.6 Å². The van der Waals surface area contributed by atoms with Crippen molar-refractivity contribution in [3.8, 4) is 28.4 Å². The zero-order valence-electron chi connectivity index (χ0n) is 24.1. The normalized spacial score (nSPS) is 14.5. The van der Waals surface area contributed by atoms with Crippen molar-refractivity contribution in [2.75, 3.05) is 32.1 Å². The van der Waals surface area contributed by atoms with Crippen LogP contribution in [-0.2, 0) is 17.9 Å². The second-order valence-corrected chi connectivity index (χ2v) is 11.0. The van der Waals surface area contributed by atoms with Crippen molar-refractivity contribution >= 4 is 40.5 Å². The third kappa shape index (κ3) is 7.28. The molecule has 44 heavy (non-hydrogen) atoms. The van der Waals surface area contributed by atoms with E-state index >= 15 is 4.39 Å². The molecule has 1 fully saturated rings. The molecule has 0 aliphatic carbocycles. The SMILES string of the molecule is COc1nc(-c2cccc(-c3nccc(Nc4cccc(CNCCO)c4F)c3Cl)c2Cl)ccc1CNCC1CCC(=O)N1. The van der Waals surface area contributed by atoms with Crippen LogP contribution in [0.15, 0.2) is 60.8 Å². The minimum atomic E-state index is -0.420. The van der Waals surface area contributed by atoms with Gasteiger partial charge in [0.15, 0.2) is 5.82 Å². The summed E-state index contributed by atoms with van der Waals surface area (Å²) < 4.78 is 20.8. The first-order valence-electron chi connectivity index (χ1n) is 14.2. The van der Waals surface area contributed by atoms with Crippen molar-refractivity contribution in [2.24, 2.45) is 0 Å². The first-order valence-corrected chi connectivity index (χ1v) is 15.0. The van der Waals surface area contributed by atoms with E-state index in [0.29, 0.717) is 70.7 Å². The van der Waals surface area contributed by atoms with E-state index < -0.39 is 5.82 Å². The van der Waals surface area contributed by atoms with E-state index in [1.807, 2.05) is 30.3 Å². The van der Waals surface area contributed by atoms with Crippen LogP contribution in [-0.4, -0.2) is 53.8 Å². The Labute approximate surface area is 265 Å². The topological polar surface area (TPSA) is 120 Å². The van der Waals surface area contributed by atoms with Gasteiger partial charge in [0.05, 0.1) is 46.5 Å². The van der Waals surface area contributed by atoms with Gasteiger partial charge >= 0.3 is 0 Å². The summed E-state index contributed by atoms with van der Waals surface area (Å²) >= 11 is 13.8. The zero-order chi connectivity index (χ0) is 31.1. The molecule has 2 aromatic heterocycles. The van der Waals surface area contributed by atoms with Crippen LogP contribution in [0.4, 0.5) is 15.8 Å². The number of aromatic nitrogens is 2. The monoisotopic (exact) mass is 638 g/mol. The van der Waals surface area contributed by atoms with Crippen molar-refractivity contribution in [1.82, 2.24) is 25.9 Å². The fourth-order valence-corrected chi connectivity index (χ4v) is 5.62. The highest BCUT2D eigenvalue weighted by atomic mass is 35.5. The molecule has 1 amide bonds. The molecule has 0 spiro atoms. The third-order valence-corrected chi connectivity index (χ3v) is 8.08. The number of anilines is 2. The highest BCUT2D eigenvalue weighted by Gasteiger charge is 2.21. The van der Waals surface area contributed by atoms with Gasteiger partial charge in [-0.25, -0.2) is 9.37 Å². The minimum absolute atomic E-state index is 0.0333. The fraction of sp³-hybridized carbons (Fsp3) is 0.281. The van der Waals surface area contributed by atoms with E-state index in [0.717, 1.165) is 12.0 Å². The van der Waals surface area contributed by atoms with Gasteiger partial charge in [-0.3, -0.25) is 9.78 Å². The smallest absolute Gasteiger partial charge is 0.220 e. The number of aliphatic hydroxyl groups excluding tert-OH is 1. The molecule has 5 rings (SSSR count). The molecule has 4 aromatic rings. The Morgan fingerprint density at radius 1 is 1.00 bits per heavy atom. The van der Waals surface area contributed by atoms with Crippen LogP contribution in [0.25, 0.3) is 22.5 Å². The van der Waals surface area contributed by atoms with Crippen molar-refractivity contribution < 1.29 is 19.0 Å². The van der Waals surface area contributed by atoms with E-state index in [2.05, 4.69) is 26.3 Å². The number of aliphatic hydroxyl groups is 1. The summed E-state index contributed by atoms with van der Waals surface area (Å²) in [5, 5.41) is 22.1. The van der Waals surface area contributed by atoms with Gasteiger partial charge in [-0.1, -0.05) is 59.6 Å². The summed E-state index contributed by atoms with van der Waals surface area (Å²) in [5.41, 5.74) is 4.34. The predicted octanol–water partition coefficient (Wildman–Crippen LogP) is 5.46. The van der Waals surface area contributed by atoms with E-state index in [1.165, 1.54) is 0 Å². The second kappa shape index (κ2) is 14.8. The highest BCUT2D eigenvalue weighted by Crippen LogP contribution is 2.41. The molecule has 1 aliphatic heterocycles. The number of methoxy groups -OCH3 is 1. The highest BCUT2D eigenvalue weighted by molar-refractivity contribution is 6.39. The average molecular weight is 640 g/mol. The van der Waals surface area contributed by atoms with Gasteiger partial charge in [0.25, 0.3) is 0 Å². The lowest BCUT2D eigenvalue weighted by molar-refractivity contribution is -0.119. The summed E-state index contributed by atoms with van der Waals surface area (Å²) in [5.74, 6) is 0.128. The molecule has 0 radical (unpaired) electrons. The average Bonchev–Trinajstić information content (AvgIpc) is 3.45. The largest absolute Gasteiger partial charge is 0.481 e. The maximum Gasteiger partial charge on any atom is 0.220 e. The molecule has 9 nitrogen and oxygen atoms in total. The Bertz CT molecular complexity index is 1640. The zero-order valence-corrected chi connectivity index (χ0v) is 25.6. The van der Waals surface area contributed by atoms with Crippen molar-refractivity contribution in [3.63, 3.8) is 0 Å². The molecule has 2 aromatic carbocycles. The number of benzene rings is 2. The molecule has 3 heterocycles. The number of rotatable bonds is 13. The number of nitrogens with zero attached hydrogens (tertiary/aromatic N) is 2. The summed E-state index contributed by atoms with van der Waals surface area (Å²) in [6.07, 6.45) is 2.96. The lowest BCUT2D eigenvalue weighted by atomic mass is 10.0. The van der Waals surface area contributed by atoms with Gasteiger partial charge in [-0.2, -0.15) is 0 Å². The van der Waals surface area contributed by atoms with Gasteiger partial charge in [0.1, 0.15) is 0 Å². The third-order valence-electron chi connectivity index (χ3n) is 7.29. The molecule has 0 bridgehead atoms. The van der Waals surface area contributed by atoms with Crippen LogP contribution in [0.5, 0.6) is 5.88 Å². The predicted molar refractivity (Wildman–Crippen MR) is 171 cm³/mol. The molecular formula is C32H33Cl2FN6O3. The van der Waals surface area contributed by atoms with E-state index in [-0.39, 0.29) is 35.8 Å². The summed E-state index contributed by atoms with van der Waals surface area (Å²) in [7, 11) is 1.57. The Balaban J connectivity index is 1.37. The van der Waals surface area contributed by atoms with Crippen LogP contribution in [0, 0.1) is 5.82 Å². The fourth-order valence-electron chi connectivity index (χ4n) is 5.04. The molecule has 5 N–H and O–H groups in total. The number of carbonyl (C=O) groups excluding carboxylic acids is 1. The molecule has 1 saturated heterocycles. The number of halogens is 3. The number of ether oxygens (including phenoxy) is 1. The van der Waals surface area contributed by atoms with Crippen molar-refractivity contribution in [3.05, 3.63) is 87.8 Å². The van der Waals surface area contributed by atoms with Gasteiger partial charge in [0, 0.05) is 67.1 Å². The van der Waals surface area contributed by atoms with Crippen LogP contribution < -0.4 is 26.0 Å². The lowest BCUT2D eigenvalue weighted by Gasteiger charge is -2.16. The van der Waals surface area contributed by atoms with Gasteiger partial charge in [0.2, 0.25) is 11.8 Å². The molecule has 1 atom stereocenters. The van der Waals surface area contributed by atoms with E-state index in [4.69, 9.17) is 38.0 Å². The Morgan fingerprint density at radius 3 is 2.57 bits per heavy atom. The maximum atomic E-state index is 15.2. The van der Waals surface area contributed by atoms with Crippen LogP contribution in [0.3, 0.4) is 0 Å². The van der Waals surface area contributed by atoms with Gasteiger partial charge in [-0.15, -0.1) is 0 Å². The second-order valence-electron chi connectivity index (χ2n) is 10.3. The van der Waals surface area contributed by atoms with Crippen molar-refractivity contribution in [2.45, 2.75) is 32.0 Å². The lowest BCUT2D eigenvalue weighted by Crippen LogP contribution is -2.35. The maximum absolute atomic E-state index is 15.2. The van der Waals surface area contributed by atoms with Crippen LogP contribution in [0.2, 0.25) is 10.0 Å². The first-order chi connectivity index (χ1) is 21.4. The number of nitrogens with one attached hydrogen (secondary N) is 4. The van der Waals surface area contributed by atoms with E-state index in [9.17, 15) is 4.79 Å². The number of hydrogen-bond acceptors (Lipinski definition) is 8.